The fourth-order valence-electron chi connectivity index (χ4n) is 6.52. The van der Waals surface area contributed by atoms with Crippen LogP contribution in [0.25, 0.3) is 0 Å². The number of piperidine rings is 2. The molecule has 8 atom stereocenters. The van der Waals surface area contributed by atoms with Crippen LogP contribution in [0.3, 0.4) is 0 Å². The molecule has 0 spiro atoms. The second-order valence-corrected chi connectivity index (χ2v) is 9.57. The molecule has 1 aliphatic carbocycles. The third-order valence-corrected chi connectivity index (χ3v) is 8.05. The molecule has 0 radical (unpaired) electrons. The lowest BCUT2D eigenvalue weighted by molar-refractivity contribution is -0.194. The highest BCUT2D eigenvalue weighted by Gasteiger charge is 2.59. The summed E-state index contributed by atoms with van der Waals surface area (Å²) >= 11 is 0. The molecule has 27 heavy (non-hydrogen) atoms. The van der Waals surface area contributed by atoms with Crippen LogP contribution in [0.2, 0.25) is 0 Å². The molecule has 1 saturated carbocycles. The molecule has 5 aliphatic rings. The minimum atomic E-state index is -4.09. The predicted molar refractivity (Wildman–Crippen MR) is 96.0 cm³/mol. The highest BCUT2D eigenvalue weighted by Crippen LogP contribution is 2.48. The third-order valence-electron chi connectivity index (χ3n) is 8.05. The zero-order valence-electron chi connectivity index (χ0n) is 16.1. The second-order valence-electron chi connectivity index (χ2n) is 9.57. The van der Waals surface area contributed by atoms with Crippen LogP contribution in [-0.2, 0) is 4.74 Å². The molecule has 7 heteroatoms. The van der Waals surface area contributed by atoms with Gasteiger partial charge in [-0.3, -0.25) is 10.2 Å². The van der Waals surface area contributed by atoms with Crippen molar-refractivity contribution < 1.29 is 17.9 Å². The Balaban J connectivity index is 1.29. The number of fused-ring (bicyclic) bond motifs is 5. The van der Waals surface area contributed by atoms with Gasteiger partial charge in [0.05, 0.1) is 12.1 Å². The Bertz CT molecular complexity index is 559. The summed E-state index contributed by atoms with van der Waals surface area (Å²) in [4.78, 5) is 4.54. The smallest absolute Gasteiger partial charge is 0.353 e. The number of alkyl halides is 3. The van der Waals surface area contributed by atoms with Crippen LogP contribution in [0, 0.1) is 17.8 Å². The van der Waals surface area contributed by atoms with E-state index in [4.69, 9.17) is 4.74 Å². The molecule has 4 saturated heterocycles. The molecule has 4 heterocycles. The first-order chi connectivity index (χ1) is 12.9. The van der Waals surface area contributed by atoms with E-state index < -0.39 is 12.1 Å². The highest BCUT2D eigenvalue weighted by atomic mass is 19.4. The maximum absolute atomic E-state index is 13.2. The van der Waals surface area contributed by atoms with Crippen LogP contribution >= 0.6 is 0 Å². The van der Waals surface area contributed by atoms with E-state index in [9.17, 15) is 13.2 Å². The Morgan fingerprint density at radius 2 is 1.89 bits per heavy atom. The molecule has 4 aliphatic heterocycles. The minimum absolute atomic E-state index is 0.0523. The standard InChI is InChI=1S/C20H32F3N3O/c1-25-9-3-2-4-16(25)12-5-7-14-15(10-12)24-17-8-6-13(20(21,22)23)11-26(17)19-18(14)27-19/h12-19,24H,2-11H2,1H3. The van der Waals surface area contributed by atoms with Gasteiger partial charge in [0.25, 0.3) is 0 Å². The number of nitrogens with one attached hydrogen (secondary N) is 1. The largest absolute Gasteiger partial charge is 0.393 e. The van der Waals surface area contributed by atoms with Crippen LogP contribution in [0.4, 0.5) is 13.2 Å². The van der Waals surface area contributed by atoms with Crippen molar-refractivity contribution in [1.29, 1.82) is 0 Å². The molecular weight excluding hydrogens is 355 g/mol. The van der Waals surface area contributed by atoms with Gasteiger partial charge in [0.1, 0.15) is 12.3 Å². The van der Waals surface area contributed by atoms with Crippen molar-refractivity contribution in [3.8, 4) is 0 Å². The van der Waals surface area contributed by atoms with Gasteiger partial charge in [0.2, 0.25) is 0 Å². The number of rotatable bonds is 1. The number of epoxide rings is 1. The van der Waals surface area contributed by atoms with Gasteiger partial charge in [-0.25, -0.2) is 0 Å². The van der Waals surface area contributed by atoms with Gasteiger partial charge in [0, 0.05) is 24.5 Å². The van der Waals surface area contributed by atoms with Gasteiger partial charge in [-0.1, -0.05) is 6.42 Å². The molecular formula is C20H32F3N3O. The summed E-state index contributed by atoms with van der Waals surface area (Å²) in [5, 5.41) is 3.80. The van der Waals surface area contributed by atoms with Gasteiger partial charge in [0.15, 0.2) is 0 Å². The molecule has 5 rings (SSSR count). The fraction of sp³-hybridized carbons (Fsp3) is 1.00. The highest BCUT2D eigenvalue weighted by molar-refractivity contribution is 5.06. The van der Waals surface area contributed by atoms with E-state index >= 15 is 0 Å². The van der Waals surface area contributed by atoms with Crippen molar-refractivity contribution in [1.82, 2.24) is 15.1 Å². The number of hydrogen-bond acceptors (Lipinski definition) is 4. The van der Waals surface area contributed by atoms with E-state index in [1.807, 2.05) is 4.90 Å². The summed E-state index contributed by atoms with van der Waals surface area (Å²) in [7, 11) is 2.26. The summed E-state index contributed by atoms with van der Waals surface area (Å²) in [5.74, 6) is -0.0291. The van der Waals surface area contributed by atoms with E-state index in [2.05, 4.69) is 17.3 Å². The molecule has 0 aromatic carbocycles. The van der Waals surface area contributed by atoms with Gasteiger partial charge >= 0.3 is 6.18 Å². The number of nitrogens with zero attached hydrogens (tertiary/aromatic N) is 2. The van der Waals surface area contributed by atoms with E-state index in [0.29, 0.717) is 30.3 Å². The first kappa shape index (κ1) is 18.6. The molecule has 0 aromatic rings. The second kappa shape index (κ2) is 6.85. The maximum Gasteiger partial charge on any atom is 0.393 e. The molecule has 4 nitrogen and oxygen atoms in total. The summed E-state index contributed by atoms with van der Waals surface area (Å²) in [6, 6.07) is 1.07. The summed E-state index contributed by atoms with van der Waals surface area (Å²) in [6.45, 7) is 1.29. The van der Waals surface area contributed by atoms with Crippen LogP contribution < -0.4 is 5.32 Å². The van der Waals surface area contributed by atoms with Crippen LogP contribution in [-0.4, -0.2) is 66.7 Å². The van der Waals surface area contributed by atoms with Gasteiger partial charge < -0.3 is 9.64 Å². The molecule has 8 unspecified atom stereocenters. The average Bonchev–Trinajstić information content (AvgIpc) is 3.42. The van der Waals surface area contributed by atoms with Crippen molar-refractivity contribution in [2.45, 2.75) is 88.1 Å². The van der Waals surface area contributed by atoms with Crippen molar-refractivity contribution >= 4 is 0 Å². The van der Waals surface area contributed by atoms with Crippen molar-refractivity contribution in [3.05, 3.63) is 0 Å². The molecule has 0 amide bonds. The zero-order valence-corrected chi connectivity index (χ0v) is 16.1. The van der Waals surface area contributed by atoms with E-state index in [1.54, 1.807) is 0 Å². The van der Waals surface area contributed by atoms with Gasteiger partial charge in [-0.2, -0.15) is 13.2 Å². The maximum atomic E-state index is 13.2. The lowest BCUT2D eigenvalue weighted by atomic mass is 9.72. The fourth-order valence-corrected chi connectivity index (χ4v) is 6.52. The third kappa shape index (κ3) is 3.43. The van der Waals surface area contributed by atoms with E-state index in [1.165, 1.54) is 32.2 Å². The van der Waals surface area contributed by atoms with Gasteiger partial charge in [-0.05, 0) is 64.5 Å². The van der Waals surface area contributed by atoms with Crippen molar-refractivity contribution in [2.75, 3.05) is 20.1 Å². The predicted octanol–water partition coefficient (Wildman–Crippen LogP) is 3.18. The van der Waals surface area contributed by atoms with Crippen molar-refractivity contribution in [3.63, 3.8) is 0 Å². The average molecular weight is 387 g/mol. The summed E-state index contributed by atoms with van der Waals surface area (Å²) in [5.41, 5.74) is 0. The molecule has 154 valence electrons. The molecule has 0 aromatic heterocycles. The molecule has 5 fully saturated rings. The Labute approximate surface area is 159 Å². The number of hydrogen-bond donors (Lipinski definition) is 1. The Morgan fingerprint density at radius 3 is 2.67 bits per heavy atom. The number of halogens is 3. The summed E-state index contributed by atoms with van der Waals surface area (Å²) < 4.78 is 45.7. The minimum Gasteiger partial charge on any atom is -0.353 e. The van der Waals surface area contributed by atoms with E-state index in [-0.39, 0.29) is 31.5 Å². The Morgan fingerprint density at radius 1 is 1.04 bits per heavy atom. The molecule has 1 N–H and O–H groups in total. The Kier molecular flexibility index (Phi) is 4.73. The first-order valence-corrected chi connectivity index (χ1v) is 10.9. The summed E-state index contributed by atoms with van der Waals surface area (Å²) in [6.07, 6.45) is 4.30. The first-order valence-electron chi connectivity index (χ1n) is 10.9. The normalized spacial score (nSPS) is 48.9. The van der Waals surface area contributed by atoms with Crippen molar-refractivity contribution in [2.24, 2.45) is 17.8 Å². The Hall–Kier alpha value is -0.370. The number of ether oxygens (including phenoxy) is 1. The molecule has 0 bridgehead atoms. The van der Waals surface area contributed by atoms with Crippen LogP contribution in [0.1, 0.15) is 51.4 Å². The SMILES string of the molecule is CN1CCCCC1C1CCC2C(C1)NC1CCC(C(F)(F)F)CN1C1OC21. The quantitative estimate of drug-likeness (QED) is 0.700. The lowest BCUT2D eigenvalue weighted by Crippen LogP contribution is -2.57. The lowest BCUT2D eigenvalue weighted by Gasteiger charge is -2.45. The zero-order chi connectivity index (χ0) is 18.8. The van der Waals surface area contributed by atoms with Gasteiger partial charge in [-0.15, -0.1) is 0 Å². The van der Waals surface area contributed by atoms with Crippen LogP contribution in [0.15, 0.2) is 0 Å². The van der Waals surface area contributed by atoms with E-state index in [0.717, 1.165) is 12.8 Å². The monoisotopic (exact) mass is 387 g/mol. The number of likely N-dealkylation sites (tertiary alicyclic amines) is 1. The topological polar surface area (TPSA) is 31.0 Å². The van der Waals surface area contributed by atoms with Crippen LogP contribution in [0.5, 0.6) is 0 Å².